The molecule has 7 nitrogen and oxygen atoms in total. The van der Waals surface area contributed by atoms with Crippen LogP contribution in [-0.4, -0.2) is 34.0 Å². The van der Waals surface area contributed by atoms with Crippen molar-refractivity contribution in [2.24, 2.45) is 0 Å². The quantitative estimate of drug-likeness (QED) is 0.508. The summed E-state index contributed by atoms with van der Waals surface area (Å²) in [6.45, 7) is 0.854. The highest BCUT2D eigenvalue weighted by Gasteiger charge is 2.37. The van der Waals surface area contributed by atoms with Crippen molar-refractivity contribution in [3.63, 3.8) is 0 Å². The zero-order chi connectivity index (χ0) is 18.4. The number of likely N-dealkylation sites (tertiary alicyclic amines) is 1. The highest BCUT2D eigenvalue weighted by molar-refractivity contribution is 7.08. The standard InChI is InChI=1S/C19H13N3O4S/c23-18(14-7-11-3-1-2-4-15(11)25-19(14)24)22-8-13(9-22)17-20-16(21-26-17)12-5-6-27-10-12/h1-7,10,13H,8-9H2. The maximum atomic E-state index is 12.7. The molecule has 5 rings (SSSR count). The Morgan fingerprint density at radius 3 is 2.89 bits per heavy atom. The lowest BCUT2D eigenvalue weighted by Gasteiger charge is -2.36. The van der Waals surface area contributed by atoms with Crippen molar-refractivity contribution in [3.8, 4) is 11.4 Å². The van der Waals surface area contributed by atoms with Crippen LogP contribution >= 0.6 is 11.3 Å². The number of benzene rings is 1. The van der Waals surface area contributed by atoms with E-state index in [1.165, 1.54) is 0 Å². The monoisotopic (exact) mass is 379 g/mol. The molecule has 1 aliphatic heterocycles. The number of para-hydroxylation sites is 1. The van der Waals surface area contributed by atoms with Crippen LogP contribution in [0, 0.1) is 0 Å². The number of carbonyl (C=O) groups is 1. The van der Waals surface area contributed by atoms with Gasteiger partial charge in [-0.15, -0.1) is 0 Å². The number of carbonyl (C=O) groups excluding carboxylic acids is 1. The number of fused-ring (bicyclic) bond motifs is 1. The topological polar surface area (TPSA) is 89.4 Å². The van der Waals surface area contributed by atoms with Gasteiger partial charge in [-0.1, -0.05) is 23.4 Å². The van der Waals surface area contributed by atoms with Gasteiger partial charge in [-0.25, -0.2) is 4.79 Å². The first kappa shape index (κ1) is 16.0. The highest BCUT2D eigenvalue weighted by Crippen LogP contribution is 2.29. The van der Waals surface area contributed by atoms with Gasteiger partial charge in [0.15, 0.2) is 0 Å². The van der Waals surface area contributed by atoms with E-state index in [0.29, 0.717) is 30.4 Å². The summed E-state index contributed by atoms with van der Waals surface area (Å²) >= 11 is 1.56. The Hall–Kier alpha value is -3.26. The van der Waals surface area contributed by atoms with Crippen molar-refractivity contribution < 1.29 is 13.7 Å². The summed E-state index contributed by atoms with van der Waals surface area (Å²) < 4.78 is 10.6. The lowest BCUT2D eigenvalue weighted by Crippen LogP contribution is -2.49. The summed E-state index contributed by atoms with van der Waals surface area (Å²) in [4.78, 5) is 30.8. The van der Waals surface area contributed by atoms with Gasteiger partial charge in [-0.05, 0) is 23.6 Å². The number of aromatic nitrogens is 2. The van der Waals surface area contributed by atoms with Gasteiger partial charge in [0.05, 0.1) is 5.92 Å². The molecule has 0 aliphatic carbocycles. The van der Waals surface area contributed by atoms with Gasteiger partial charge < -0.3 is 13.8 Å². The maximum Gasteiger partial charge on any atom is 0.349 e. The number of nitrogens with zero attached hydrogens (tertiary/aromatic N) is 3. The number of rotatable bonds is 3. The summed E-state index contributed by atoms with van der Waals surface area (Å²) in [6, 6.07) is 10.6. The Morgan fingerprint density at radius 2 is 2.07 bits per heavy atom. The van der Waals surface area contributed by atoms with Gasteiger partial charge in [-0.3, -0.25) is 4.79 Å². The van der Waals surface area contributed by atoms with Crippen LogP contribution in [-0.2, 0) is 0 Å². The maximum absolute atomic E-state index is 12.7. The van der Waals surface area contributed by atoms with Gasteiger partial charge in [0.25, 0.3) is 5.91 Å². The van der Waals surface area contributed by atoms with E-state index in [1.807, 2.05) is 22.9 Å². The third kappa shape index (κ3) is 2.74. The molecule has 4 aromatic rings. The van der Waals surface area contributed by atoms with Crippen molar-refractivity contribution in [1.29, 1.82) is 0 Å². The Kier molecular flexibility index (Phi) is 3.64. The van der Waals surface area contributed by atoms with Crippen LogP contribution in [0.4, 0.5) is 0 Å². The second-order valence-corrected chi connectivity index (χ2v) is 7.14. The van der Waals surface area contributed by atoms with Gasteiger partial charge >= 0.3 is 5.63 Å². The minimum Gasteiger partial charge on any atom is -0.422 e. The second kappa shape index (κ2) is 6.17. The lowest BCUT2D eigenvalue weighted by atomic mass is 9.99. The van der Waals surface area contributed by atoms with E-state index >= 15 is 0 Å². The Morgan fingerprint density at radius 1 is 1.22 bits per heavy atom. The average molecular weight is 379 g/mol. The molecule has 134 valence electrons. The van der Waals surface area contributed by atoms with Gasteiger partial charge in [0, 0.05) is 29.4 Å². The first-order valence-corrected chi connectivity index (χ1v) is 9.31. The van der Waals surface area contributed by atoms with Crippen LogP contribution in [0.5, 0.6) is 0 Å². The Bertz CT molecular complexity index is 1190. The number of thiophene rings is 1. The molecule has 1 amide bonds. The summed E-state index contributed by atoms with van der Waals surface area (Å²) in [5.74, 6) is 0.682. The molecule has 0 N–H and O–H groups in total. The minimum absolute atomic E-state index is 0.0265. The third-order valence-corrected chi connectivity index (χ3v) is 5.29. The number of hydrogen-bond acceptors (Lipinski definition) is 7. The summed E-state index contributed by atoms with van der Waals surface area (Å²) in [5, 5.41) is 8.60. The first-order valence-electron chi connectivity index (χ1n) is 8.37. The summed E-state index contributed by atoms with van der Waals surface area (Å²) in [6.07, 6.45) is 0. The van der Waals surface area contributed by atoms with Crippen LogP contribution in [0.3, 0.4) is 0 Å². The smallest absolute Gasteiger partial charge is 0.349 e. The molecule has 3 aromatic heterocycles. The Balaban J connectivity index is 1.33. The van der Waals surface area contributed by atoms with Crippen molar-refractivity contribution in [3.05, 3.63) is 69.0 Å². The molecule has 1 fully saturated rings. The second-order valence-electron chi connectivity index (χ2n) is 6.36. The zero-order valence-corrected chi connectivity index (χ0v) is 14.8. The molecule has 0 spiro atoms. The largest absolute Gasteiger partial charge is 0.422 e. The molecule has 4 heterocycles. The predicted molar refractivity (Wildman–Crippen MR) is 98.7 cm³/mol. The average Bonchev–Trinajstić information content (AvgIpc) is 3.31. The lowest BCUT2D eigenvalue weighted by molar-refractivity contribution is 0.0565. The molecule has 0 radical (unpaired) electrons. The fourth-order valence-electron chi connectivity index (χ4n) is 3.09. The molecule has 8 heteroatoms. The van der Waals surface area contributed by atoms with Crippen molar-refractivity contribution in [2.45, 2.75) is 5.92 Å². The minimum atomic E-state index is -0.625. The van der Waals surface area contributed by atoms with Crippen LogP contribution in [0.2, 0.25) is 0 Å². The van der Waals surface area contributed by atoms with E-state index in [4.69, 9.17) is 8.94 Å². The predicted octanol–water partition coefficient (Wildman–Crippen LogP) is 3.14. The molecule has 0 unspecified atom stereocenters. The normalized spacial score (nSPS) is 14.4. The van der Waals surface area contributed by atoms with Crippen molar-refractivity contribution in [2.75, 3.05) is 13.1 Å². The van der Waals surface area contributed by atoms with Crippen LogP contribution in [0.1, 0.15) is 22.2 Å². The highest BCUT2D eigenvalue weighted by atomic mass is 32.1. The zero-order valence-electron chi connectivity index (χ0n) is 14.0. The molecule has 0 bridgehead atoms. The molecule has 1 saturated heterocycles. The SMILES string of the molecule is O=C(c1cc2ccccc2oc1=O)N1CC(c2nc(-c3ccsc3)no2)C1. The number of hydrogen-bond donors (Lipinski definition) is 0. The summed E-state index contributed by atoms with van der Waals surface area (Å²) in [5.41, 5.74) is 0.791. The molecule has 1 aliphatic rings. The van der Waals surface area contributed by atoms with E-state index < -0.39 is 5.63 Å². The molecule has 0 atom stereocenters. The van der Waals surface area contributed by atoms with Gasteiger partial charge in [-0.2, -0.15) is 16.3 Å². The van der Waals surface area contributed by atoms with E-state index in [2.05, 4.69) is 10.1 Å². The van der Waals surface area contributed by atoms with E-state index in [9.17, 15) is 9.59 Å². The Labute approximate surface area is 156 Å². The van der Waals surface area contributed by atoms with Gasteiger partial charge in [0.2, 0.25) is 11.7 Å². The molecular weight excluding hydrogens is 366 g/mol. The van der Waals surface area contributed by atoms with Crippen LogP contribution < -0.4 is 5.63 Å². The summed E-state index contributed by atoms with van der Waals surface area (Å²) in [7, 11) is 0. The molecule has 0 saturated carbocycles. The first-order chi connectivity index (χ1) is 13.2. The van der Waals surface area contributed by atoms with Crippen LogP contribution in [0.15, 0.2) is 60.9 Å². The molecular formula is C19H13N3O4S. The van der Waals surface area contributed by atoms with E-state index in [-0.39, 0.29) is 17.4 Å². The third-order valence-electron chi connectivity index (χ3n) is 4.61. The fourth-order valence-corrected chi connectivity index (χ4v) is 3.73. The fraction of sp³-hybridized carbons (Fsp3) is 0.158. The molecule has 1 aromatic carbocycles. The van der Waals surface area contributed by atoms with Gasteiger partial charge in [0.1, 0.15) is 11.1 Å². The molecule has 27 heavy (non-hydrogen) atoms. The van der Waals surface area contributed by atoms with E-state index in [1.54, 1.807) is 40.5 Å². The van der Waals surface area contributed by atoms with Crippen molar-refractivity contribution >= 4 is 28.2 Å². The van der Waals surface area contributed by atoms with E-state index in [0.717, 1.165) is 10.9 Å². The van der Waals surface area contributed by atoms with Crippen molar-refractivity contribution in [1.82, 2.24) is 15.0 Å². The van der Waals surface area contributed by atoms with Crippen LogP contribution in [0.25, 0.3) is 22.4 Å². The number of amides is 1.